The van der Waals surface area contributed by atoms with Crippen molar-refractivity contribution in [2.24, 2.45) is 4.99 Å². The first-order chi connectivity index (χ1) is 10.7. The van der Waals surface area contributed by atoms with Crippen LogP contribution in [0.1, 0.15) is 25.3 Å². The zero-order chi connectivity index (χ0) is 16.2. The average Bonchev–Trinajstić information content (AvgIpc) is 2.52. The Kier molecular flexibility index (Phi) is 9.46. The fourth-order valence-electron chi connectivity index (χ4n) is 1.90. The van der Waals surface area contributed by atoms with Crippen LogP contribution in [0.2, 0.25) is 0 Å². The van der Waals surface area contributed by atoms with E-state index in [-0.39, 0.29) is 11.6 Å². The summed E-state index contributed by atoms with van der Waals surface area (Å²) < 4.78 is 18.5. The van der Waals surface area contributed by atoms with Crippen LogP contribution in [0.4, 0.5) is 4.39 Å². The molecule has 0 aromatic heterocycles. The normalized spacial score (nSPS) is 11.4. The van der Waals surface area contributed by atoms with Gasteiger partial charge in [-0.3, -0.25) is 0 Å². The highest BCUT2D eigenvalue weighted by atomic mass is 32.2. The van der Waals surface area contributed by atoms with Gasteiger partial charge in [0.05, 0.1) is 13.7 Å². The molecule has 0 heterocycles. The lowest BCUT2D eigenvalue weighted by atomic mass is 10.2. The molecular formula is C16H26FN3OS. The van der Waals surface area contributed by atoms with Gasteiger partial charge in [0.1, 0.15) is 0 Å². The summed E-state index contributed by atoms with van der Waals surface area (Å²) in [5.74, 6) is 1.85. The predicted molar refractivity (Wildman–Crippen MR) is 93.4 cm³/mol. The minimum Gasteiger partial charge on any atom is -0.494 e. The van der Waals surface area contributed by atoms with Gasteiger partial charge >= 0.3 is 0 Å². The Labute approximate surface area is 136 Å². The first-order valence-corrected chi connectivity index (χ1v) is 8.94. The van der Waals surface area contributed by atoms with E-state index in [0.717, 1.165) is 31.0 Å². The number of thioether (sulfide) groups is 1. The van der Waals surface area contributed by atoms with Crippen molar-refractivity contribution in [3.05, 3.63) is 29.6 Å². The molecule has 0 bridgehead atoms. The molecule has 0 unspecified atom stereocenters. The Balaban J connectivity index is 2.52. The second-order valence-corrected chi connectivity index (χ2v) is 5.78. The Morgan fingerprint density at radius 3 is 2.77 bits per heavy atom. The van der Waals surface area contributed by atoms with E-state index in [1.54, 1.807) is 6.07 Å². The number of methoxy groups -OCH3 is 1. The second kappa shape index (κ2) is 11.2. The molecule has 22 heavy (non-hydrogen) atoms. The molecule has 0 spiro atoms. The van der Waals surface area contributed by atoms with Gasteiger partial charge in [-0.25, -0.2) is 9.38 Å². The van der Waals surface area contributed by atoms with Crippen molar-refractivity contribution in [3.8, 4) is 5.75 Å². The molecule has 1 aromatic rings. The first kappa shape index (κ1) is 18.6. The molecule has 0 aliphatic heterocycles. The van der Waals surface area contributed by atoms with Crippen molar-refractivity contribution < 1.29 is 9.13 Å². The summed E-state index contributed by atoms with van der Waals surface area (Å²) in [5.41, 5.74) is 0.817. The third-order valence-electron chi connectivity index (χ3n) is 3.05. The molecule has 0 saturated heterocycles. The highest BCUT2D eigenvalue weighted by Crippen LogP contribution is 2.17. The van der Waals surface area contributed by atoms with Crippen LogP contribution >= 0.6 is 11.8 Å². The number of guanidine groups is 1. The summed E-state index contributed by atoms with van der Waals surface area (Å²) in [4.78, 5) is 4.48. The van der Waals surface area contributed by atoms with Gasteiger partial charge in [-0.2, -0.15) is 11.8 Å². The number of benzene rings is 1. The number of ether oxygens (including phenoxy) is 1. The minimum absolute atomic E-state index is 0.256. The van der Waals surface area contributed by atoms with Gasteiger partial charge < -0.3 is 15.4 Å². The van der Waals surface area contributed by atoms with Crippen LogP contribution in [0.25, 0.3) is 0 Å². The predicted octanol–water partition coefficient (Wildman–Crippen LogP) is 3.03. The molecular weight excluding hydrogens is 301 g/mol. The zero-order valence-corrected chi connectivity index (χ0v) is 14.4. The number of hydrogen-bond donors (Lipinski definition) is 2. The van der Waals surface area contributed by atoms with Gasteiger partial charge in [-0.1, -0.05) is 6.07 Å². The number of hydrogen-bond acceptors (Lipinski definition) is 3. The molecule has 1 rings (SSSR count). The number of unbranched alkanes of at least 4 members (excludes halogenated alkanes) is 1. The molecule has 0 radical (unpaired) electrons. The van der Waals surface area contributed by atoms with Crippen LogP contribution < -0.4 is 15.4 Å². The highest BCUT2D eigenvalue weighted by Gasteiger charge is 2.03. The maximum absolute atomic E-state index is 13.6. The van der Waals surface area contributed by atoms with E-state index in [4.69, 9.17) is 4.74 Å². The van der Waals surface area contributed by atoms with Crippen molar-refractivity contribution in [1.29, 1.82) is 0 Å². The number of nitrogens with one attached hydrogen (secondary N) is 2. The Morgan fingerprint density at radius 2 is 2.14 bits per heavy atom. The number of aliphatic imine (C=N–C) groups is 1. The summed E-state index contributed by atoms with van der Waals surface area (Å²) in [6.07, 6.45) is 4.42. The number of rotatable bonds is 9. The molecule has 1 aromatic carbocycles. The third-order valence-corrected chi connectivity index (χ3v) is 3.74. The van der Waals surface area contributed by atoms with E-state index < -0.39 is 0 Å². The summed E-state index contributed by atoms with van der Waals surface area (Å²) in [6.45, 7) is 4.15. The van der Waals surface area contributed by atoms with Crippen molar-refractivity contribution in [1.82, 2.24) is 10.6 Å². The molecule has 2 N–H and O–H groups in total. The zero-order valence-electron chi connectivity index (χ0n) is 13.6. The molecule has 0 amide bonds. The Bertz CT molecular complexity index is 469. The summed E-state index contributed by atoms with van der Waals surface area (Å²) in [5, 5.41) is 6.49. The standard InChI is InChI=1S/C16H26FN3OS/c1-4-18-16(19-9-5-6-10-22-3)20-12-13-7-8-15(21-2)14(17)11-13/h7-8,11H,4-6,9-10,12H2,1-3H3,(H2,18,19,20). The van der Waals surface area contributed by atoms with E-state index in [9.17, 15) is 4.39 Å². The van der Waals surface area contributed by atoms with E-state index >= 15 is 0 Å². The molecule has 0 atom stereocenters. The van der Waals surface area contributed by atoms with Crippen LogP contribution in [0.5, 0.6) is 5.75 Å². The van der Waals surface area contributed by atoms with Crippen molar-refractivity contribution in [3.63, 3.8) is 0 Å². The largest absolute Gasteiger partial charge is 0.494 e. The maximum Gasteiger partial charge on any atom is 0.191 e. The van der Waals surface area contributed by atoms with Gasteiger partial charge in [-0.05, 0) is 49.5 Å². The van der Waals surface area contributed by atoms with Crippen molar-refractivity contribution in [2.75, 3.05) is 32.2 Å². The number of nitrogens with zero attached hydrogens (tertiary/aromatic N) is 1. The quantitative estimate of drug-likeness (QED) is 0.416. The molecule has 0 fully saturated rings. The molecule has 6 heteroatoms. The highest BCUT2D eigenvalue weighted by molar-refractivity contribution is 7.98. The van der Waals surface area contributed by atoms with Crippen molar-refractivity contribution in [2.45, 2.75) is 26.3 Å². The van der Waals surface area contributed by atoms with Crippen LogP contribution in [0, 0.1) is 5.82 Å². The third kappa shape index (κ3) is 7.02. The molecule has 4 nitrogen and oxygen atoms in total. The maximum atomic E-state index is 13.6. The lowest BCUT2D eigenvalue weighted by Gasteiger charge is -2.11. The van der Waals surface area contributed by atoms with Gasteiger partial charge in [0.2, 0.25) is 0 Å². The smallest absolute Gasteiger partial charge is 0.191 e. The lowest BCUT2D eigenvalue weighted by Crippen LogP contribution is -2.37. The van der Waals surface area contributed by atoms with Crippen LogP contribution in [-0.2, 0) is 6.54 Å². The fourth-order valence-corrected chi connectivity index (χ4v) is 2.39. The molecule has 0 aliphatic rings. The van der Waals surface area contributed by atoms with E-state index in [1.165, 1.54) is 25.3 Å². The molecule has 0 saturated carbocycles. The molecule has 124 valence electrons. The van der Waals surface area contributed by atoms with Crippen LogP contribution in [0.15, 0.2) is 23.2 Å². The average molecular weight is 327 g/mol. The number of halogens is 1. The van der Waals surface area contributed by atoms with Gasteiger partial charge in [0.15, 0.2) is 17.5 Å². The SMILES string of the molecule is CCNC(=NCc1ccc(OC)c(F)c1)NCCCCSC. The topological polar surface area (TPSA) is 45.7 Å². The van der Waals surface area contributed by atoms with Gasteiger partial charge in [0.25, 0.3) is 0 Å². The molecule has 0 aliphatic carbocycles. The summed E-state index contributed by atoms with van der Waals surface area (Å²) in [7, 11) is 1.46. The fraction of sp³-hybridized carbons (Fsp3) is 0.562. The van der Waals surface area contributed by atoms with Crippen LogP contribution in [0.3, 0.4) is 0 Å². The van der Waals surface area contributed by atoms with E-state index in [1.807, 2.05) is 24.8 Å². The monoisotopic (exact) mass is 327 g/mol. The summed E-state index contributed by atoms with van der Waals surface area (Å²) >= 11 is 1.86. The van der Waals surface area contributed by atoms with Crippen molar-refractivity contribution >= 4 is 17.7 Å². The van der Waals surface area contributed by atoms with Gasteiger partial charge in [-0.15, -0.1) is 0 Å². The Morgan fingerprint density at radius 1 is 1.32 bits per heavy atom. The van der Waals surface area contributed by atoms with E-state index in [2.05, 4.69) is 21.9 Å². The van der Waals surface area contributed by atoms with Crippen LogP contribution in [-0.4, -0.2) is 38.2 Å². The second-order valence-electron chi connectivity index (χ2n) is 4.79. The minimum atomic E-state index is -0.356. The summed E-state index contributed by atoms with van der Waals surface area (Å²) in [6, 6.07) is 4.92. The Hall–Kier alpha value is -1.43. The first-order valence-electron chi connectivity index (χ1n) is 7.54. The lowest BCUT2D eigenvalue weighted by molar-refractivity contribution is 0.386. The van der Waals surface area contributed by atoms with Gasteiger partial charge in [0, 0.05) is 13.1 Å². The van der Waals surface area contributed by atoms with E-state index in [0.29, 0.717) is 6.54 Å².